The fourth-order valence-electron chi connectivity index (χ4n) is 2.18. The summed E-state index contributed by atoms with van der Waals surface area (Å²) in [6, 6.07) is 17.5. The van der Waals surface area contributed by atoms with Crippen LogP contribution in [-0.4, -0.2) is 11.6 Å². The Balaban J connectivity index is 2.09. The number of nitrogens with zero attached hydrogens (tertiary/aromatic N) is 1. The molecule has 2 aromatic carbocycles. The molecule has 3 heteroatoms. The molecule has 3 nitrogen and oxygen atoms in total. The maximum atomic E-state index is 12.2. The lowest BCUT2D eigenvalue weighted by Gasteiger charge is -2.07. The van der Waals surface area contributed by atoms with E-state index in [0.717, 1.165) is 17.7 Å². The highest BCUT2D eigenvalue weighted by atomic mass is 16.2. The van der Waals surface area contributed by atoms with Crippen molar-refractivity contribution in [1.29, 1.82) is 0 Å². The molecule has 0 aliphatic heterocycles. The van der Waals surface area contributed by atoms with Crippen molar-refractivity contribution in [3.63, 3.8) is 0 Å². The van der Waals surface area contributed by atoms with Crippen LogP contribution < -0.4 is 5.43 Å². The zero-order valence-corrected chi connectivity index (χ0v) is 13.3. The fraction of sp³-hybridized carbons (Fsp3) is 0.263. The van der Waals surface area contributed by atoms with E-state index in [4.69, 9.17) is 0 Å². The first kappa shape index (κ1) is 16.0. The van der Waals surface area contributed by atoms with E-state index in [-0.39, 0.29) is 5.91 Å². The normalized spacial score (nSPS) is 11.5. The van der Waals surface area contributed by atoms with Gasteiger partial charge in [0.2, 0.25) is 0 Å². The lowest BCUT2D eigenvalue weighted by Crippen LogP contribution is -2.20. The first-order chi connectivity index (χ1) is 10.6. The van der Waals surface area contributed by atoms with Crippen LogP contribution >= 0.6 is 0 Å². The summed E-state index contributed by atoms with van der Waals surface area (Å²) < 4.78 is 0. The molecular weight excluding hydrogens is 272 g/mol. The quantitative estimate of drug-likeness (QED) is 0.646. The topological polar surface area (TPSA) is 41.5 Å². The Labute approximate surface area is 132 Å². The summed E-state index contributed by atoms with van der Waals surface area (Å²) in [6.07, 6.45) is 0.760. The SMILES string of the molecule is CCC(=NNC(=O)c1ccc(C(C)C)cc1)c1ccccc1. The molecule has 0 spiro atoms. The van der Waals surface area contributed by atoms with Crippen LogP contribution in [0, 0.1) is 0 Å². The Hall–Kier alpha value is -2.42. The average Bonchev–Trinajstić information content (AvgIpc) is 2.56. The van der Waals surface area contributed by atoms with Gasteiger partial charge in [0.05, 0.1) is 5.71 Å². The molecule has 0 aliphatic rings. The third-order valence-electron chi connectivity index (χ3n) is 3.57. The number of amides is 1. The van der Waals surface area contributed by atoms with Gasteiger partial charge in [0.1, 0.15) is 0 Å². The van der Waals surface area contributed by atoms with Crippen LogP contribution in [0.25, 0.3) is 0 Å². The van der Waals surface area contributed by atoms with E-state index in [0.29, 0.717) is 11.5 Å². The van der Waals surface area contributed by atoms with Gasteiger partial charge in [0.15, 0.2) is 0 Å². The number of carbonyl (C=O) groups is 1. The van der Waals surface area contributed by atoms with E-state index < -0.39 is 0 Å². The second-order valence-electron chi connectivity index (χ2n) is 5.50. The number of nitrogens with one attached hydrogen (secondary N) is 1. The summed E-state index contributed by atoms with van der Waals surface area (Å²) >= 11 is 0. The van der Waals surface area contributed by atoms with Crippen LogP contribution in [0.5, 0.6) is 0 Å². The molecule has 22 heavy (non-hydrogen) atoms. The fourth-order valence-corrected chi connectivity index (χ4v) is 2.18. The molecule has 0 fully saturated rings. The molecule has 0 heterocycles. The van der Waals surface area contributed by atoms with Crippen molar-refractivity contribution >= 4 is 11.6 Å². The van der Waals surface area contributed by atoms with Gasteiger partial charge in [-0.1, -0.05) is 63.2 Å². The molecular formula is C19H22N2O. The van der Waals surface area contributed by atoms with Crippen molar-refractivity contribution in [3.8, 4) is 0 Å². The van der Waals surface area contributed by atoms with Crippen molar-refractivity contribution in [2.75, 3.05) is 0 Å². The highest BCUT2D eigenvalue weighted by molar-refractivity contribution is 6.02. The second-order valence-corrected chi connectivity index (χ2v) is 5.50. The third-order valence-corrected chi connectivity index (χ3v) is 3.57. The van der Waals surface area contributed by atoms with Crippen LogP contribution in [0.1, 0.15) is 54.6 Å². The van der Waals surface area contributed by atoms with Gasteiger partial charge in [-0.15, -0.1) is 0 Å². The van der Waals surface area contributed by atoms with Crippen LogP contribution in [0.3, 0.4) is 0 Å². The van der Waals surface area contributed by atoms with Gasteiger partial charge in [-0.25, -0.2) is 5.43 Å². The minimum Gasteiger partial charge on any atom is -0.267 e. The lowest BCUT2D eigenvalue weighted by molar-refractivity contribution is 0.0955. The minimum atomic E-state index is -0.183. The van der Waals surface area contributed by atoms with Crippen LogP contribution in [0.4, 0.5) is 0 Å². The highest BCUT2D eigenvalue weighted by Gasteiger charge is 2.07. The van der Waals surface area contributed by atoms with Crippen LogP contribution in [-0.2, 0) is 0 Å². The molecule has 114 valence electrons. The maximum absolute atomic E-state index is 12.2. The first-order valence-electron chi connectivity index (χ1n) is 7.64. The largest absolute Gasteiger partial charge is 0.271 e. The highest BCUT2D eigenvalue weighted by Crippen LogP contribution is 2.14. The van der Waals surface area contributed by atoms with E-state index in [1.165, 1.54) is 5.56 Å². The summed E-state index contributed by atoms with van der Waals surface area (Å²) in [6.45, 7) is 6.29. The molecule has 1 N–H and O–H groups in total. The number of benzene rings is 2. The molecule has 2 rings (SSSR count). The molecule has 0 atom stereocenters. The van der Waals surface area contributed by atoms with Crippen LogP contribution in [0.15, 0.2) is 59.7 Å². The van der Waals surface area contributed by atoms with Gasteiger partial charge in [0.25, 0.3) is 5.91 Å². The first-order valence-corrected chi connectivity index (χ1v) is 7.64. The summed E-state index contributed by atoms with van der Waals surface area (Å²) in [4.78, 5) is 12.2. The summed E-state index contributed by atoms with van der Waals surface area (Å²) in [5, 5.41) is 4.26. The monoisotopic (exact) mass is 294 g/mol. The van der Waals surface area contributed by atoms with E-state index in [2.05, 4.69) is 24.4 Å². The Morgan fingerprint density at radius 1 is 1.00 bits per heavy atom. The zero-order chi connectivity index (χ0) is 15.9. The number of hydrogen-bond donors (Lipinski definition) is 1. The molecule has 0 aliphatic carbocycles. The number of rotatable bonds is 5. The molecule has 1 amide bonds. The molecule has 0 unspecified atom stereocenters. The van der Waals surface area contributed by atoms with E-state index in [1.54, 1.807) is 0 Å². The van der Waals surface area contributed by atoms with Gasteiger partial charge in [0, 0.05) is 5.56 Å². The standard InChI is InChI=1S/C19H22N2O/c1-4-18(16-8-6-5-7-9-16)20-21-19(22)17-12-10-15(11-13-17)14(2)3/h5-14H,4H2,1-3H3,(H,21,22). The molecule has 2 aromatic rings. The van der Waals surface area contributed by atoms with Gasteiger partial charge in [-0.3, -0.25) is 4.79 Å². The van der Waals surface area contributed by atoms with Crippen molar-refractivity contribution in [2.24, 2.45) is 5.10 Å². The van der Waals surface area contributed by atoms with Gasteiger partial charge < -0.3 is 0 Å². The second kappa shape index (κ2) is 7.55. The van der Waals surface area contributed by atoms with Crippen molar-refractivity contribution in [3.05, 3.63) is 71.3 Å². The van der Waals surface area contributed by atoms with E-state index in [1.807, 2.05) is 61.5 Å². The van der Waals surface area contributed by atoms with Gasteiger partial charge >= 0.3 is 0 Å². The summed E-state index contributed by atoms with van der Waals surface area (Å²) in [7, 11) is 0. The van der Waals surface area contributed by atoms with E-state index >= 15 is 0 Å². The Bertz CT molecular complexity index is 643. The Morgan fingerprint density at radius 2 is 1.64 bits per heavy atom. The average molecular weight is 294 g/mol. The van der Waals surface area contributed by atoms with Gasteiger partial charge in [-0.2, -0.15) is 5.10 Å². The van der Waals surface area contributed by atoms with Crippen LogP contribution in [0.2, 0.25) is 0 Å². The minimum absolute atomic E-state index is 0.183. The number of hydrazone groups is 1. The third kappa shape index (κ3) is 4.04. The molecule has 0 saturated heterocycles. The van der Waals surface area contributed by atoms with Gasteiger partial charge in [-0.05, 0) is 35.6 Å². The Kier molecular flexibility index (Phi) is 5.48. The summed E-state index contributed by atoms with van der Waals surface area (Å²) in [5.74, 6) is 0.275. The number of carbonyl (C=O) groups excluding carboxylic acids is 1. The molecule has 0 saturated carbocycles. The molecule has 0 radical (unpaired) electrons. The molecule has 0 aromatic heterocycles. The number of hydrogen-bond acceptors (Lipinski definition) is 2. The van der Waals surface area contributed by atoms with Crippen molar-refractivity contribution in [2.45, 2.75) is 33.1 Å². The van der Waals surface area contributed by atoms with Crippen molar-refractivity contribution in [1.82, 2.24) is 5.43 Å². The lowest BCUT2D eigenvalue weighted by atomic mass is 10.0. The maximum Gasteiger partial charge on any atom is 0.271 e. The molecule has 0 bridgehead atoms. The summed E-state index contributed by atoms with van der Waals surface area (Å²) in [5.41, 5.74) is 6.39. The smallest absolute Gasteiger partial charge is 0.267 e. The Morgan fingerprint density at radius 3 is 2.18 bits per heavy atom. The van der Waals surface area contributed by atoms with Crippen molar-refractivity contribution < 1.29 is 4.79 Å². The predicted octanol–water partition coefficient (Wildman–Crippen LogP) is 4.35. The predicted molar refractivity (Wildman–Crippen MR) is 91.3 cm³/mol. The zero-order valence-electron chi connectivity index (χ0n) is 13.3. The van der Waals surface area contributed by atoms with E-state index in [9.17, 15) is 4.79 Å².